The van der Waals surface area contributed by atoms with Crippen molar-refractivity contribution in [3.05, 3.63) is 47.0 Å². The van der Waals surface area contributed by atoms with Gasteiger partial charge < -0.3 is 20.3 Å². The van der Waals surface area contributed by atoms with Gasteiger partial charge in [-0.25, -0.2) is 8.51 Å². The fourth-order valence-electron chi connectivity index (χ4n) is 3.38. The molecule has 0 aromatic heterocycles. The Balaban J connectivity index is 1.91. The van der Waals surface area contributed by atoms with Crippen LogP contribution in [0.15, 0.2) is 35.2 Å². The van der Waals surface area contributed by atoms with Gasteiger partial charge in [0, 0.05) is 44.5 Å². The predicted molar refractivity (Wildman–Crippen MR) is 133 cm³/mol. The van der Waals surface area contributed by atoms with Crippen molar-refractivity contribution in [2.75, 3.05) is 58.5 Å². The van der Waals surface area contributed by atoms with Gasteiger partial charge in [0.25, 0.3) is 0 Å². The number of aryl methyl sites for hydroxylation is 3. The summed E-state index contributed by atoms with van der Waals surface area (Å²) in [4.78, 5) is 15.4. The number of anilines is 2. The number of hydrogen-bond donors (Lipinski definition) is 2. The number of nitrogens with one attached hydrogen (secondary N) is 2. The Kier molecular flexibility index (Phi) is 9.68. The summed E-state index contributed by atoms with van der Waals surface area (Å²) in [6, 6.07) is 9.60. The molecule has 0 radical (unpaired) electrons. The molecule has 2 aromatic carbocycles. The van der Waals surface area contributed by atoms with Crippen LogP contribution in [0.1, 0.15) is 23.1 Å². The van der Waals surface area contributed by atoms with E-state index >= 15 is 0 Å². The summed E-state index contributed by atoms with van der Waals surface area (Å²) in [7, 11) is 6.12. The molecule has 32 heavy (non-hydrogen) atoms. The maximum atomic E-state index is 13.0. The van der Waals surface area contributed by atoms with E-state index in [4.69, 9.17) is 4.74 Å². The van der Waals surface area contributed by atoms with E-state index in [-0.39, 0.29) is 12.3 Å². The quantitative estimate of drug-likeness (QED) is 0.536. The number of carbonyl (C=O) groups is 1. The van der Waals surface area contributed by atoms with Crippen molar-refractivity contribution < 1.29 is 13.7 Å². The van der Waals surface area contributed by atoms with Crippen LogP contribution < -0.4 is 15.4 Å². The van der Waals surface area contributed by atoms with Crippen molar-refractivity contribution in [1.29, 1.82) is 0 Å². The maximum absolute atomic E-state index is 13.0. The van der Waals surface area contributed by atoms with Crippen molar-refractivity contribution in [1.82, 2.24) is 9.21 Å². The Hall–Kier alpha value is -2.42. The molecule has 0 aliphatic heterocycles. The van der Waals surface area contributed by atoms with E-state index in [1.807, 2.05) is 65.2 Å². The first-order valence-corrected chi connectivity index (χ1v) is 11.8. The summed E-state index contributed by atoms with van der Waals surface area (Å²) >= 11 is 0. The van der Waals surface area contributed by atoms with Crippen LogP contribution in [0.5, 0.6) is 5.75 Å². The fraction of sp³-hybridized carbons (Fsp3) is 0.458. The van der Waals surface area contributed by atoms with Gasteiger partial charge in [0.15, 0.2) is 0 Å². The zero-order valence-corrected chi connectivity index (χ0v) is 21.1. The monoisotopic (exact) mass is 460 g/mol. The molecule has 0 heterocycles. The summed E-state index contributed by atoms with van der Waals surface area (Å²) < 4.78 is 20.0. The van der Waals surface area contributed by atoms with Gasteiger partial charge in [-0.15, -0.1) is 0 Å². The third-order valence-corrected chi connectivity index (χ3v) is 6.91. The standard InChI is InChI=1S/C24H36N4O3S/c1-17-14-20(8-9-22(17)25-11-13-27(4)5)26-23(29)10-12-28(6)32(30)24-18(2)15-21(31-7)16-19(24)3/h8-9,14-16,25H,10-13H2,1-7H3,(H,26,29). The zero-order chi connectivity index (χ0) is 23.8. The molecule has 176 valence electrons. The number of carbonyl (C=O) groups excluding carboxylic acids is 1. The number of nitrogens with zero attached hydrogens (tertiary/aromatic N) is 2. The summed E-state index contributed by atoms with van der Waals surface area (Å²) in [6.45, 7) is 8.05. The van der Waals surface area contributed by atoms with Crippen molar-refractivity contribution in [3.63, 3.8) is 0 Å². The van der Waals surface area contributed by atoms with E-state index in [1.54, 1.807) is 18.5 Å². The second kappa shape index (κ2) is 12.0. The number of amides is 1. The van der Waals surface area contributed by atoms with Crippen LogP contribution in [-0.2, 0) is 15.8 Å². The first-order valence-electron chi connectivity index (χ1n) is 10.7. The number of ether oxygens (including phenoxy) is 1. The Morgan fingerprint density at radius 3 is 2.22 bits per heavy atom. The molecular weight excluding hydrogens is 424 g/mol. The van der Waals surface area contributed by atoms with E-state index in [0.717, 1.165) is 51.8 Å². The highest BCUT2D eigenvalue weighted by molar-refractivity contribution is 7.82. The number of rotatable bonds is 11. The zero-order valence-electron chi connectivity index (χ0n) is 20.2. The molecular formula is C24H36N4O3S. The summed E-state index contributed by atoms with van der Waals surface area (Å²) in [5, 5.41) is 6.35. The smallest absolute Gasteiger partial charge is 0.225 e. The van der Waals surface area contributed by atoms with Crippen molar-refractivity contribution >= 4 is 28.3 Å². The number of hydrogen-bond acceptors (Lipinski definition) is 5. The van der Waals surface area contributed by atoms with Gasteiger partial charge in [-0.3, -0.25) is 4.79 Å². The van der Waals surface area contributed by atoms with Crippen LogP contribution in [0.25, 0.3) is 0 Å². The SMILES string of the molecule is COc1cc(C)c(S(=O)N(C)CCC(=O)Nc2ccc(NCCN(C)C)c(C)c2)c(C)c1. The minimum Gasteiger partial charge on any atom is -0.497 e. The lowest BCUT2D eigenvalue weighted by molar-refractivity contribution is -0.116. The van der Waals surface area contributed by atoms with Crippen LogP contribution in [0.3, 0.4) is 0 Å². The average Bonchev–Trinajstić information content (AvgIpc) is 2.72. The third kappa shape index (κ3) is 7.32. The minimum atomic E-state index is -1.35. The molecule has 0 fully saturated rings. The molecule has 8 heteroatoms. The molecule has 2 aromatic rings. The molecule has 0 spiro atoms. The Bertz CT molecular complexity index is 939. The molecule has 0 saturated carbocycles. The number of likely N-dealkylation sites (N-methyl/N-ethyl adjacent to an activating group) is 1. The molecule has 7 nitrogen and oxygen atoms in total. The Labute approximate surface area is 194 Å². The van der Waals surface area contributed by atoms with E-state index in [1.165, 1.54) is 0 Å². The molecule has 0 aliphatic carbocycles. The van der Waals surface area contributed by atoms with Gasteiger partial charge in [0.1, 0.15) is 16.7 Å². The molecule has 0 saturated heterocycles. The van der Waals surface area contributed by atoms with Crippen LogP contribution in [0.4, 0.5) is 11.4 Å². The topological polar surface area (TPSA) is 73.9 Å². The molecule has 1 amide bonds. The van der Waals surface area contributed by atoms with Crippen molar-refractivity contribution in [3.8, 4) is 5.75 Å². The highest BCUT2D eigenvalue weighted by Crippen LogP contribution is 2.26. The maximum Gasteiger partial charge on any atom is 0.225 e. The van der Waals surface area contributed by atoms with Gasteiger partial charge in [-0.1, -0.05) is 0 Å². The fourth-order valence-corrected chi connectivity index (χ4v) is 4.62. The summed E-state index contributed by atoms with van der Waals surface area (Å²) in [5.74, 6) is 0.640. The second-order valence-corrected chi connectivity index (χ2v) is 9.78. The lowest BCUT2D eigenvalue weighted by Crippen LogP contribution is -2.27. The van der Waals surface area contributed by atoms with Gasteiger partial charge in [0.05, 0.1) is 12.0 Å². The average molecular weight is 461 g/mol. The van der Waals surface area contributed by atoms with Crippen molar-refractivity contribution in [2.24, 2.45) is 0 Å². The first-order chi connectivity index (χ1) is 15.1. The van der Waals surface area contributed by atoms with Gasteiger partial charge >= 0.3 is 0 Å². The minimum absolute atomic E-state index is 0.107. The Morgan fingerprint density at radius 1 is 1.00 bits per heavy atom. The van der Waals surface area contributed by atoms with Crippen LogP contribution in [0, 0.1) is 20.8 Å². The van der Waals surface area contributed by atoms with E-state index in [9.17, 15) is 9.00 Å². The van der Waals surface area contributed by atoms with Gasteiger partial charge in [-0.2, -0.15) is 0 Å². The van der Waals surface area contributed by atoms with Gasteiger partial charge in [0.2, 0.25) is 5.91 Å². The highest BCUT2D eigenvalue weighted by atomic mass is 32.2. The van der Waals surface area contributed by atoms with Crippen molar-refractivity contribution in [2.45, 2.75) is 32.1 Å². The molecule has 0 aliphatic rings. The molecule has 1 unspecified atom stereocenters. The summed E-state index contributed by atoms with van der Waals surface area (Å²) in [6.07, 6.45) is 0.248. The lowest BCUT2D eigenvalue weighted by atomic mass is 10.1. The van der Waals surface area contributed by atoms with E-state index in [0.29, 0.717) is 6.54 Å². The van der Waals surface area contributed by atoms with Crippen LogP contribution >= 0.6 is 0 Å². The van der Waals surface area contributed by atoms with Crippen LogP contribution in [0.2, 0.25) is 0 Å². The predicted octanol–water partition coefficient (Wildman–Crippen LogP) is 3.58. The molecule has 2 rings (SSSR count). The second-order valence-electron chi connectivity index (χ2n) is 8.25. The molecule has 0 bridgehead atoms. The number of methoxy groups -OCH3 is 1. The molecule has 1 atom stereocenters. The third-order valence-electron chi connectivity index (χ3n) is 5.17. The normalized spacial score (nSPS) is 12.2. The van der Waals surface area contributed by atoms with E-state index < -0.39 is 11.0 Å². The molecule has 2 N–H and O–H groups in total. The highest BCUT2D eigenvalue weighted by Gasteiger charge is 2.18. The number of benzene rings is 2. The van der Waals surface area contributed by atoms with Crippen LogP contribution in [-0.4, -0.2) is 67.2 Å². The lowest BCUT2D eigenvalue weighted by Gasteiger charge is -2.19. The summed E-state index contributed by atoms with van der Waals surface area (Å²) in [5.41, 5.74) is 4.71. The largest absolute Gasteiger partial charge is 0.497 e. The van der Waals surface area contributed by atoms with E-state index in [2.05, 4.69) is 15.5 Å². The van der Waals surface area contributed by atoms with Gasteiger partial charge in [-0.05, 0) is 81.9 Å². The first kappa shape index (κ1) is 25.8. The Morgan fingerprint density at radius 2 is 1.66 bits per heavy atom.